The van der Waals surface area contributed by atoms with E-state index in [1.165, 1.54) is 0 Å². The van der Waals surface area contributed by atoms with Gasteiger partial charge in [-0.25, -0.2) is 0 Å². The molecule has 0 radical (unpaired) electrons. The molecular formula is C13H20N2O2. The van der Waals surface area contributed by atoms with Crippen LogP contribution in [0.1, 0.15) is 25.8 Å². The highest BCUT2D eigenvalue weighted by Crippen LogP contribution is 2.12. The van der Waals surface area contributed by atoms with Gasteiger partial charge in [0.05, 0.1) is 6.61 Å². The zero-order valence-corrected chi connectivity index (χ0v) is 10.3. The summed E-state index contributed by atoms with van der Waals surface area (Å²) < 4.78 is 0. The lowest BCUT2D eigenvalue weighted by Crippen LogP contribution is -2.31. The molecule has 1 unspecified atom stereocenters. The molecule has 1 aromatic rings. The molecule has 94 valence electrons. The summed E-state index contributed by atoms with van der Waals surface area (Å²) in [7, 11) is 0. The fourth-order valence-electron chi connectivity index (χ4n) is 1.41. The summed E-state index contributed by atoms with van der Waals surface area (Å²) in [4.78, 5) is 11.7. The smallest absolute Gasteiger partial charge is 0.225 e. The number of benzene rings is 1. The topological polar surface area (TPSA) is 75.4 Å². The lowest BCUT2D eigenvalue weighted by Gasteiger charge is -2.15. The van der Waals surface area contributed by atoms with Crippen LogP contribution in [0.4, 0.5) is 5.69 Å². The van der Waals surface area contributed by atoms with Crippen molar-refractivity contribution < 1.29 is 9.90 Å². The highest BCUT2D eigenvalue weighted by molar-refractivity contribution is 5.91. The second-order valence-electron chi connectivity index (χ2n) is 4.52. The number of carbonyl (C=O) groups is 1. The van der Waals surface area contributed by atoms with Gasteiger partial charge in [-0.2, -0.15) is 0 Å². The predicted molar refractivity (Wildman–Crippen MR) is 68.4 cm³/mol. The first-order chi connectivity index (χ1) is 8.02. The molecule has 0 fully saturated rings. The quantitative estimate of drug-likeness (QED) is 0.725. The van der Waals surface area contributed by atoms with E-state index in [-0.39, 0.29) is 24.5 Å². The normalized spacial score (nSPS) is 12.5. The number of hydrogen-bond acceptors (Lipinski definition) is 3. The number of hydrogen-bond donors (Lipinski definition) is 3. The molecule has 0 aliphatic rings. The zero-order valence-electron chi connectivity index (χ0n) is 10.3. The van der Waals surface area contributed by atoms with Crippen LogP contribution in [0.15, 0.2) is 24.3 Å². The van der Waals surface area contributed by atoms with Crippen molar-refractivity contribution in [3.8, 4) is 0 Å². The molecule has 4 nitrogen and oxygen atoms in total. The Bertz CT molecular complexity index is 377. The van der Waals surface area contributed by atoms with E-state index in [4.69, 9.17) is 10.8 Å². The SMILES string of the molecule is CC(C)C(N)CC(=O)Nc1cccc(CO)c1. The van der Waals surface area contributed by atoms with Gasteiger partial charge in [0, 0.05) is 18.2 Å². The number of amides is 1. The third-order valence-electron chi connectivity index (χ3n) is 2.67. The molecule has 0 spiro atoms. The van der Waals surface area contributed by atoms with Crippen molar-refractivity contribution in [1.82, 2.24) is 0 Å². The van der Waals surface area contributed by atoms with Crippen LogP contribution in [0.25, 0.3) is 0 Å². The Morgan fingerprint density at radius 1 is 1.47 bits per heavy atom. The Morgan fingerprint density at radius 2 is 2.18 bits per heavy atom. The first kappa shape index (κ1) is 13.7. The van der Waals surface area contributed by atoms with Crippen LogP contribution in [0.5, 0.6) is 0 Å². The Kier molecular flexibility index (Phi) is 5.12. The summed E-state index contributed by atoms with van der Waals surface area (Å²) in [5.41, 5.74) is 7.29. The maximum atomic E-state index is 11.7. The Balaban J connectivity index is 2.55. The Morgan fingerprint density at radius 3 is 2.76 bits per heavy atom. The van der Waals surface area contributed by atoms with E-state index in [9.17, 15) is 4.79 Å². The molecule has 1 rings (SSSR count). The summed E-state index contributed by atoms with van der Waals surface area (Å²) >= 11 is 0. The summed E-state index contributed by atoms with van der Waals surface area (Å²) in [6, 6.07) is 7.01. The van der Waals surface area contributed by atoms with Gasteiger partial charge in [-0.1, -0.05) is 26.0 Å². The second kappa shape index (κ2) is 6.37. The average Bonchev–Trinajstić information content (AvgIpc) is 2.28. The molecule has 0 aliphatic carbocycles. The van der Waals surface area contributed by atoms with Crippen LogP contribution in [0, 0.1) is 5.92 Å². The zero-order chi connectivity index (χ0) is 12.8. The molecule has 4 heteroatoms. The standard InChI is InChI=1S/C13H20N2O2/c1-9(2)12(14)7-13(17)15-11-5-3-4-10(6-11)8-16/h3-6,9,12,16H,7-8,14H2,1-2H3,(H,15,17). The van der Waals surface area contributed by atoms with Gasteiger partial charge in [0.1, 0.15) is 0 Å². The molecule has 17 heavy (non-hydrogen) atoms. The van der Waals surface area contributed by atoms with Crippen LogP contribution in [-0.4, -0.2) is 17.1 Å². The van der Waals surface area contributed by atoms with Crippen LogP contribution in [-0.2, 0) is 11.4 Å². The lowest BCUT2D eigenvalue weighted by atomic mass is 10.0. The number of nitrogens with one attached hydrogen (secondary N) is 1. The molecule has 0 heterocycles. The van der Waals surface area contributed by atoms with Crippen molar-refractivity contribution in [2.45, 2.75) is 32.9 Å². The van der Waals surface area contributed by atoms with E-state index in [0.717, 1.165) is 5.56 Å². The predicted octanol–water partition coefficient (Wildman–Crippen LogP) is 1.49. The molecule has 0 aromatic heterocycles. The van der Waals surface area contributed by atoms with E-state index in [0.29, 0.717) is 12.1 Å². The minimum Gasteiger partial charge on any atom is -0.392 e. The number of aliphatic hydroxyl groups is 1. The van der Waals surface area contributed by atoms with Gasteiger partial charge >= 0.3 is 0 Å². The van der Waals surface area contributed by atoms with E-state index < -0.39 is 0 Å². The van der Waals surface area contributed by atoms with Crippen LogP contribution in [0.2, 0.25) is 0 Å². The minimum absolute atomic E-state index is 0.0325. The fraction of sp³-hybridized carbons (Fsp3) is 0.462. The van der Waals surface area contributed by atoms with E-state index in [1.807, 2.05) is 13.8 Å². The maximum absolute atomic E-state index is 11.7. The second-order valence-corrected chi connectivity index (χ2v) is 4.52. The van der Waals surface area contributed by atoms with Gasteiger partial charge in [0.25, 0.3) is 0 Å². The van der Waals surface area contributed by atoms with Gasteiger partial charge in [0.15, 0.2) is 0 Å². The number of aliphatic hydroxyl groups excluding tert-OH is 1. The van der Waals surface area contributed by atoms with Gasteiger partial charge in [-0.3, -0.25) is 4.79 Å². The minimum atomic E-state index is -0.129. The Labute approximate surface area is 102 Å². The molecule has 1 amide bonds. The molecule has 0 saturated carbocycles. The van der Waals surface area contributed by atoms with Gasteiger partial charge in [-0.05, 0) is 23.6 Å². The molecule has 1 aromatic carbocycles. The van der Waals surface area contributed by atoms with Gasteiger partial charge in [-0.15, -0.1) is 0 Å². The molecule has 4 N–H and O–H groups in total. The molecular weight excluding hydrogens is 216 g/mol. The number of rotatable bonds is 5. The van der Waals surface area contributed by atoms with Crippen molar-refractivity contribution in [3.63, 3.8) is 0 Å². The molecule has 0 bridgehead atoms. The van der Waals surface area contributed by atoms with Crippen molar-refractivity contribution in [2.24, 2.45) is 11.7 Å². The number of anilines is 1. The van der Waals surface area contributed by atoms with Crippen LogP contribution in [0.3, 0.4) is 0 Å². The van der Waals surface area contributed by atoms with Gasteiger partial charge in [0.2, 0.25) is 5.91 Å². The molecule has 0 aliphatic heterocycles. The molecule has 1 atom stereocenters. The third kappa shape index (κ3) is 4.54. The summed E-state index contributed by atoms with van der Waals surface area (Å²) in [6.07, 6.45) is 0.307. The average molecular weight is 236 g/mol. The van der Waals surface area contributed by atoms with Crippen LogP contribution < -0.4 is 11.1 Å². The number of carbonyl (C=O) groups excluding carboxylic acids is 1. The number of nitrogens with two attached hydrogens (primary N) is 1. The lowest BCUT2D eigenvalue weighted by molar-refractivity contribution is -0.116. The van der Waals surface area contributed by atoms with Crippen LogP contribution >= 0.6 is 0 Å². The van der Waals surface area contributed by atoms with Crippen molar-refractivity contribution in [2.75, 3.05) is 5.32 Å². The van der Waals surface area contributed by atoms with Crippen molar-refractivity contribution >= 4 is 11.6 Å². The molecule has 0 saturated heterocycles. The first-order valence-corrected chi connectivity index (χ1v) is 5.78. The summed E-state index contributed by atoms with van der Waals surface area (Å²) in [5, 5.41) is 11.8. The summed E-state index contributed by atoms with van der Waals surface area (Å²) in [6.45, 7) is 3.95. The third-order valence-corrected chi connectivity index (χ3v) is 2.67. The largest absolute Gasteiger partial charge is 0.392 e. The van der Waals surface area contributed by atoms with Crippen molar-refractivity contribution in [3.05, 3.63) is 29.8 Å². The fourth-order valence-corrected chi connectivity index (χ4v) is 1.41. The monoisotopic (exact) mass is 236 g/mol. The Hall–Kier alpha value is -1.39. The van der Waals surface area contributed by atoms with Gasteiger partial charge < -0.3 is 16.2 Å². The van der Waals surface area contributed by atoms with E-state index >= 15 is 0 Å². The van der Waals surface area contributed by atoms with Crippen molar-refractivity contribution in [1.29, 1.82) is 0 Å². The van der Waals surface area contributed by atoms with E-state index in [1.54, 1.807) is 24.3 Å². The van der Waals surface area contributed by atoms with E-state index in [2.05, 4.69) is 5.32 Å². The first-order valence-electron chi connectivity index (χ1n) is 5.78. The summed E-state index contributed by atoms with van der Waals surface area (Å²) in [5.74, 6) is 0.186. The maximum Gasteiger partial charge on any atom is 0.225 e. The highest BCUT2D eigenvalue weighted by Gasteiger charge is 2.12. The highest BCUT2D eigenvalue weighted by atomic mass is 16.3.